The minimum atomic E-state index is -4.40. The summed E-state index contributed by atoms with van der Waals surface area (Å²) in [5.41, 5.74) is 1.27. The van der Waals surface area contributed by atoms with E-state index in [1.807, 2.05) is 18.2 Å². The van der Waals surface area contributed by atoms with Crippen molar-refractivity contribution >= 4 is 10.8 Å². The Morgan fingerprint density at radius 1 is 0.771 bits per heavy atom. The van der Waals surface area contributed by atoms with E-state index in [0.29, 0.717) is 16.5 Å². The molecule has 1 aliphatic rings. The molecule has 0 nitrogen and oxygen atoms in total. The number of benzene rings is 3. The average Bonchev–Trinajstić information content (AvgIpc) is 2.86. The fraction of sp³-hybridized carbons (Fsp3) is 0.484. The van der Waals surface area contributed by atoms with Crippen LogP contribution < -0.4 is 0 Å². The van der Waals surface area contributed by atoms with Crippen molar-refractivity contribution in [2.45, 2.75) is 83.7 Å². The van der Waals surface area contributed by atoms with Gasteiger partial charge < -0.3 is 0 Å². The first-order chi connectivity index (χ1) is 16.8. The zero-order chi connectivity index (χ0) is 24.8. The van der Waals surface area contributed by atoms with Gasteiger partial charge in [-0.1, -0.05) is 107 Å². The Hall–Kier alpha value is -2.36. The van der Waals surface area contributed by atoms with Gasteiger partial charge in [0.1, 0.15) is 5.82 Å². The van der Waals surface area contributed by atoms with Crippen molar-refractivity contribution < 1.29 is 17.6 Å². The molecule has 4 rings (SSSR count). The molecular weight excluding hydrogens is 448 g/mol. The van der Waals surface area contributed by atoms with Gasteiger partial charge in [0.2, 0.25) is 0 Å². The highest BCUT2D eigenvalue weighted by molar-refractivity contribution is 5.88. The van der Waals surface area contributed by atoms with Crippen molar-refractivity contribution in [3.63, 3.8) is 0 Å². The Kier molecular flexibility index (Phi) is 8.51. The largest absolute Gasteiger partial charge is 0.416 e. The van der Waals surface area contributed by atoms with Crippen LogP contribution in [0.1, 0.15) is 82.3 Å². The molecule has 0 bridgehead atoms. The number of unbranched alkanes of at least 4 members (excludes halogenated alkanes) is 3. The maximum atomic E-state index is 15.2. The zero-order valence-corrected chi connectivity index (χ0v) is 20.6. The van der Waals surface area contributed by atoms with Crippen LogP contribution in [0.4, 0.5) is 17.6 Å². The highest BCUT2D eigenvalue weighted by Gasteiger charge is 2.30. The van der Waals surface area contributed by atoms with Crippen LogP contribution in [0.15, 0.2) is 54.6 Å². The predicted octanol–water partition coefficient (Wildman–Crippen LogP) is 10.4. The van der Waals surface area contributed by atoms with E-state index >= 15 is 4.39 Å². The van der Waals surface area contributed by atoms with Crippen LogP contribution >= 0.6 is 0 Å². The van der Waals surface area contributed by atoms with E-state index in [0.717, 1.165) is 35.8 Å². The molecule has 0 aromatic heterocycles. The summed E-state index contributed by atoms with van der Waals surface area (Å²) in [4.78, 5) is 0. The molecule has 1 fully saturated rings. The zero-order valence-electron chi connectivity index (χ0n) is 20.6. The van der Waals surface area contributed by atoms with Gasteiger partial charge in [-0.15, -0.1) is 0 Å². The lowest BCUT2D eigenvalue weighted by Crippen LogP contribution is -2.15. The summed E-state index contributed by atoms with van der Waals surface area (Å²) in [5, 5.41) is 1.35. The molecule has 0 atom stereocenters. The van der Waals surface area contributed by atoms with Crippen LogP contribution in [0.5, 0.6) is 0 Å². The first-order valence-electron chi connectivity index (χ1n) is 13.2. The molecule has 35 heavy (non-hydrogen) atoms. The van der Waals surface area contributed by atoms with E-state index < -0.39 is 11.7 Å². The monoisotopic (exact) mass is 484 g/mol. The molecule has 0 saturated heterocycles. The molecule has 1 aliphatic carbocycles. The highest BCUT2D eigenvalue weighted by atomic mass is 19.4. The highest BCUT2D eigenvalue weighted by Crippen LogP contribution is 2.36. The smallest absolute Gasteiger partial charge is 0.206 e. The fourth-order valence-electron chi connectivity index (χ4n) is 5.60. The minimum absolute atomic E-state index is 0.324. The minimum Gasteiger partial charge on any atom is -0.206 e. The Balaban J connectivity index is 1.35. The SMILES string of the molecule is CCCCCCC1CCC(CCc2ccc3c(F)c(-c4ccc(C(F)(F)F)cc4)ccc3c2)CC1. The topological polar surface area (TPSA) is 0 Å². The maximum Gasteiger partial charge on any atom is 0.416 e. The molecule has 3 aromatic carbocycles. The molecule has 4 heteroatoms. The molecule has 0 aliphatic heterocycles. The van der Waals surface area contributed by atoms with Gasteiger partial charge in [-0.05, 0) is 53.3 Å². The Morgan fingerprint density at radius 2 is 1.46 bits per heavy atom. The van der Waals surface area contributed by atoms with Gasteiger partial charge in [0, 0.05) is 10.9 Å². The van der Waals surface area contributed by atoms with Gasteiger partial charge in [0.15, 0.2) is 0 Å². The lowest BCUT2D eigenvalue weighted by molar-refractivity contribution is -0.137. The van der Waals surface area contributed by atoms with Gasteiger partial charge in [-0.2, -0.15) is 13.2 Å². The van der Waals surface area contributed by atoms with E-state index in [2.05, 4.69) is 13.0 Å². The number of rotatable bonds is 9. The molecule has 188 valence electrons. The van der Waals surface area contributed by atoms with Gasteiger partial charge in [0.25, 0.3) is 0 Å². The molecule has 0 spiro atoms. The molecule has 0 unspecified atom stereocenters. The van der Waals surface area contributed by atoms with Crippen molar-refractivity contribution in [2.75, 3.05) is 0 Å². The molecule has 3 aromatic rings. The summed E-state index contributed by atoms with van der Waals surface area (Å²) < 4.78 is 53.8. The van der Waals surface area contributed by atoms with Gasteiger partial charge in [0.05, 0.1) is 5.56 Å². The summed E-state index contributed by atoms with van der Waals surface area (Å²) >= 11 is 0. The summed E-state index contributed by atoms with van der Waals surface area (Å²) in [6.45, 7) is 2.26. The number of halogens is 4. The Bertz CT molecular complexity index is 1090. The summed E-state index contributed by atoms with van der Waals surface area (Å²) in [5.74, 6) is 1.33. The standard InChI is InChI=1S/C31H36F4/c1-2-3-4-5-6-22-7-9-23(10-8-22)11-12-24-13-19-29-26(21-24)16-20-28(30(29)32)25-14-17-27(18-15-25)31(33,34)35/h13-23H,2-12H2,1H3. The second-order valence-electron chi connectivity index (χ2n) is 10.3. The lowest BCUT2D eigenvalue weighted by Gasteiger charge is -2.28. The number of hydrogen-bond acceptors (Lipinski definition) is 0. The van der Waals surface area contributed by atoms with Crippen molar-refractivity contribution in [1.82, 2.24) is 0 Å². The number of hydrogen-bond donors (Lipinski definition) is 0. The third-order valence-corrected chi connectivity index (χ3v) is 7.82. The van der Waals surface area contributed by atoms with Gasteiger partial charge in [-0.3, -0.25) is 0 Å². The quantitative estimate of drug-likeness (QED) is 0.209. The van der Waals surface area contributed by atoms with Crippen molar-refractivity contribution in [1.29, 1.82) is 0 Å². The lowest BCUT2D eigenvalue weighted by atomic mass is 9.77. The molecule has 0 heterocycles. The summed E-state index contributed by atoms with van der Waals surface area (Å²) in [6.07, 6.45) is 10.0. The maximum absolute atomic E-state index is 15.2. The number of alkyl halides is 3. The van der Waals surface area contributed by atoms with Crippen LogP contribution in [-0.4, -0.2) is 0 Å². The van der Waals surface area contributed by atoms with Crippen LogP contribution in [0.2, 0.25) is 0 Å². The van der Waals surface area contributed by atoms with Gasteiger partial charge >= 0.3 is 6.18 Å². The molecule has 0 N–H and O–H groups in total. The predicted molar refractivity (Wildman–Crippen MR) is 137 cm³/mol. The number of aryl methyl sites for hydroxylation is 1. The van der Waals surface area contributed by atoms with Crippen molar-refractivity contribution in [3.8, 4) is 11.1 Å². The van der Waals surface area contributed by atoms with Gasteiger partial charge in [-0.25, -0.2) is 4.39 Å². The van der Waals surface area contributed by atoms with E-state index in [9.17, 15) is 13.2 Å². The van der Waals surface area contributed by atoms with E-state index in [1.165, 1.54) is 81.9 Å². The Morgan fingerprint density at radius 3 is 2.11 bits per heavy atom. The molecule has 0 amide bonds. The summed E-state index contributed by atoms with van der Waals surface area (Å²) in [6, 6.07) is 14.1. The Labute approximate surface area is 206 Å². The molecular formula is C31H36F4. The molecule has 1 saturated carbocycles. The number of fused-ring (bicyclic) bond motifs is 1. The van der Waals surface area contributed by atoms with Crippen molar-refractivity contribution in [2.24, 2.45) is 11.8 Å². The second kappa shape index (κ2) is 11.6. The average molecular weight is 485 g/mol. The fourth-order valence-corrected chi connectivity index (χ4v) is 5.60. The van der Waals surface area contributed by atoms with Crippen LogP contribution in [-0.2, 0) is 12.6 Å². The van der Waals surface area contributed by atoms with Crippen LogP contribution in [0.3, 0.4) is 0 Å². The summed E-state index contributed by atoms with van der Waals surface area (Å²) in [7, 11) is 0. The third-order valence-electron chi connectivity index (χ3n) is 7.82. The van der Waals surface area contributed by atoms with E-state index in [-0.39, 0.29) is 5.82 Å². The van der Waals surface area contributed by atoms with Crippen molar-refractivity contribution in [3.05, 3.63) is 71.5 Å². The normalized spacial score (nSPS) is 18.8. The second-order valence-corrected chi connectivity index (χ2v) is 10.3. The first-order valence-corrected chi connectivity index (χ1v) is 13.2. The third kappa shape index (κ3) is 6.65. The van der Waals surface area contributed by atoms with E-state index in [1.54, 1.807) is 6.07 Å². The van der Waals surface area contributed by atoms with Crippen LogP contribution in [0, 0.1) is 17.7 Å². The van der Waals surface area contributed by atoms with E-state index in [4.69, 9.17) is 0 Å². The molecule has 0 radical (unpaired) electrons. The first kappa shape index (κ1) is 25.7. The van der Waals surface area contributed by atoms with Crippen LogP contribution in [0.25, 0.3) is 21.9 Å².